The van der Waals surface area contributed by atoms with E-state index in [1.54, 1.807) is 24.1 Å². The van der Waals surface area contributed by atoms with Gasteiger partial charge in [-0.25, -0.2) is 4.39 Å². The third kappa shape index (κ3) is 6.40. The van der Waals surface area contributed by atoms with Crippen molar-refractivity contribution in [1.29, 1.82) is 0 Å². The van der Waals surface area contributed by atoms with Crippen LogP contribution in [0.3, 0.4) is 0 Å². The fourth-order valence-corrected chi connectivity index (χ4v) is 2.77. The van der Waals surface area contributed by atoms with E-state index in [0.717, 1.165) is 11.1 Å². The Hall–Kier alpha value is -2.89. The number of hydrogen-bond acceptors (Lipinski definition) is 2. The molecule has 0 aromatic heterocycles. The molecule has 0 aliphatic heterocycles. The van der Waals surface area contributed by atoms with Crippen LogP contribution in [0.25, 0.3) is 0 Å². The summed E-state index contributed by atoms with van der Waals surface area (Å²) in [7, 11) is 3.56. The molecule has 0 atom stereocenters. The number of hydrogen-bond donors (Lipinski definition) is 1. The SMILES string of the molecule is CCN(Cc1ccccc1)C(=O)CNC(=NC)N(C)Cc1ccc(F)cc1. The first kappa shape index (κ1) is 20.4. The van der Waals surface area contributed by atoms with Gasteiger partial charge in [0.25, 0.3) is 0 Å². The lowest BCUT2D eigenvalue weighted by atomic mass is 10.2. The van der Waals surface area contributed by atoms with Gasteiger partial charge >= 0.3 is 0 Å². The molecule has 0 aliphatic carbocycles. The van der Waals surface area contributed by atoms with Gasteiger partial charge in [0.15, 0.2) is 5.96 Å². The standard InChI is InChI=1S/C21H27FN4O/c1-4-26(16-17-8-6-5-7-9-17)20(27)14-24-21(23-2)25(3)15-18-10-12-19(22)13-11-18/h5-13H,4,14-16H2,1-3H3,(H,23,24). The van der Waals surface area contributed by atoms with Gasteiger partial charge in [-0.15, -0.1) is 0 Å². The Morgan fingerprint density at radius 2 is 1.67 bits per heavy atom. The number of nitrogens with zero attached hydrogens (tertiary/aromatic N) is 3. The van der Waals surface area contributed by atoms with Crippen molar-refractivity contribution >= 4 is 11.9 Å². The number of likely N-dealkylation sites (N-methyl/N-ethyl adjacent to an activating group) is 1. The number of amides is 1. The Morgan fingerprint density at radius 1 is 1.04 bits per heavy atom. The topological polar surface area (TPSA) is 47.9 Å². The van der Waals surface area contributed by atoms with Crippen LogP contribution >= 0.6 is 0 Å². The van der Waals surface area contributed by atoms with Gasteiger partial charge in [0.2, 0.25) is 5.91 Å². The van der Waals surface area contributed by atoms with E-state index >= 15 is 0 Å². The lowest BCUT2D eigenvalue weighted by molar-refractivity contribution is -0.130. The largest absolute Gasteiger partial charge is 0.347 e. The van der Waals surface area contributed by atoms with Crippen molar-refractivity contribution in [2.24, 2.45) is 4.99 Å². The van der Waals surface area contributed by atoms with Crippen LogP contribution in [-0.4, -0.2) is 48.9 Å². The summed E-state index contributed by atoms with van der Waals surface area (Å²) in [6, 6.07) is 16.3. The van der Waals surface area contributed by atoms with Crippen molar-refractivity contribution in [3.05, 3.63) is 71.5 Å². The summed E-state index contributed by atoms with van der Waals surface area (Å²) in [5.74, 6) is 0.369. The number of nitrogens with one attached hydrogen (secondary N) is 1. The molecule has 2 aromatic rings. The second-order valence-electron chi connectivity index (χ2n) is 6.28. The van der Waals surface area contributed by atoms with E-state index in [4.69, 9.17) is 0 Å². The van der Waals surface area contributed by atoms with Gasteiger partial charge in [0, 0.05) is 33.7 Å². The maximum atomic E-state index is 13.0. The van der Waals surface area contributed by atoms with Crippen molar-refractivity contribution < 1.29 is 9.18 Å². The molecular weight excluding hydrogens is 343 g/mol. The molecule has 2 rings (SSSR count). The third-order valence-electron chi connectivity index (χ3n) is 4.25. The Bertz CT molecular complexity index is 747. The highest BCUT2D eigenvalue weighted by atomic mass is 19.1. The Kier molecular flexibility index (Phi) is 7.79. The smallest absolute Gasteiger partial charge is 0.242 e. The van der Waals surface area contributed by atoms with Gasteiger partial charge in [0.1, 0.15) is 5.82 Å². The van der Waals surface area contributed by atoms with E-state index in [1.807, 2.05) is 49.2 Å². The molecule has 0 fully saturated rings. The van der Waals surface area contributed by atoms with Crippen LogP contribution in [0.15, 0.2) is 59.6 Å². The van der Waals surface area contributed by atoms with Crippen LogP contribution in [0.4, 0.5) is 4.39 Å². The van der Waals surface area contributed by atoms with E-state index in [0.29, 0.717) is 25.6 Å². The molecule has 6 heteroatoms. The summed E-state index contributed by atoms with van der Waals surface area (Å²) in [6.07, 6.45) is 0. The maximum absolute atomic E-state index is 13.0. The lowest BCUT2D eigenvalue weighted by Gasteiger charge is -2.25. The summed E-state index contributed by atoms with van der Waals surface area (Å²) in [5.41, 5.74) is 2.07. The van der Waals surface area contributed by atoms with E-state index in [9.17, 15) is 9.18 Å². The highest BCUT2D eigenvalue weighted by Crippen LogP contribution is 2.06. The van der Waals surface area contributed by atoms with Gasteiger partial charge in [-0.3, -0.25) is 9.79 Å². The van der Waals surface area contributed by atoms with Crippen LogP contribution in [0.2, 0.25) is 0 Å². The summed E-state index contributed by atoms with van der Waals surface area (Å²) in [5, 5.41) is 3.11. The first-order valence-corrected chi connectivity index (χ1v) is 9.01. The predicted octanol–water partition coefficient (Wildman–Crippen LogP) is 2.88. The first-order chi connectivity index (χ1) is 13.0. The molecule has 0 radical (unpaired) electrons. The summed E-state index contributed by atoms with van der Waals surface area (Å²) in [6.45, 7) is 3.92. The van der Waals surface area contributed by atoms with E-state index in [2.05, 4.69) is 10.3 Å². The summed E-state index contributed by atoms with van der Waals surface area (Å²) >= 11 is 0. The summed E-state index contributed by atoms with van der Waals surface area (Å²) in [4.78, 5) is 20.5. The van der Waals surface area contributed by atoms with Crippen LogP contribution < -0.4 is 5.32 Å². The molecule has 0 heterocycles. The minimum Gasteiger partial charge on any atom is -0.347 e. The molecule has 1 N–H and O–H groups in total. The first-order valence-electron chi connectivity index (χ1n) is 9.01. The number of guanidine groups is 1. The van der Waals surface area contributed by atoms with Crippen molar-refractivity contribution in [2.45, 2.75) is 20.0 Å². The molecule has 0 unspecified atom stereocenters. The molecule has 0 spiro atoms. The zero-order valence-corrected chi connectivity index (χ0v) is 16.2. The second kappa shape index (κ2) is 10.3. The fraction of sp³-hybridized carbons (Fsp3) is 0.333. The van der Waals surface area contributed by atoms with Gasteiger partial charge in [-0.1, -0.05) is 42.5 Å². The van der Waals surface area contributed by atoms with Gasteiger partial charge < -0.3 is 15.1 Å². The Balaban J connectivity index is 1.89. The Morgan fingerprint density at radius 3 is 2.26 bits per heavy atom. The maximum Gasteiger partial charge on any atom is 0.242 e. The molecular formula is C21H27FN4O. The number of carbonyl (C=O) groups is 1. The van der Waals surface area contributed by atoms with E-state index in [1.165, 1.54) is 12.1 Å². The predicted molar refractivity (Wildman–Crippen MR) is 107 cm³/mol. The normalized spacial score (nSPS) is 11.2. The monoisotopic (exact) mass is 370 g/mol. The molecule has 0 saturated carbocycles. The van der Waals surface area contributed by atoms with E-state index < -0.39 is 0 Å². The third-order valence-corrected chi connectivity index (χ3v) is 4.25. The number of rotatable bonds is 7. The minimum absolute atomic E-state index is 0.0117. The van der Waals surface area contributed by atoms with Crippen molar-refractivity contribution in [2.75, 3.05) is 27.2 Å². The average Bonchev–Trinajstić information content (AvgIpc) is 2.69. The fourth-order valence-electron chi connectivity index (χ4n) is 2.77. The average molecular weight is 370 g/mol. The highest BCUT2D eigenvalue weighted by molar-refractivity contribution is 5.86. The van der Waals surface area contributed by atoms with Crippen LogP contribution in [0, 0.1) is 5.82 Å². The molecule has 0 bridgehead atoms. The Labute approximate surface area is 160 Å². The summed E-state index contributed by atoms with van der Waals surface area (Å²) < 4.78 is 13.0. The van der Waals surface area contributed by atoms with Gasteiger partial charge in [0.05, 0.1) is 6.54 Å². The molecule has 0 saturated heterocycles. The highest BCUT2D eigenvalue weighted by Gasteiger charge is 2.14. The van der Waals surface area contributed by atoms with Crippen LogP contribution in [0.1, 0.15) is 18.1 Å². The molecule has 1 amide bonds. The van der Waals surface area contributed by atoms with Crippen molar-refractivity contribution in [3.8, 4) is 0 Å². The lowest BCUT2D eigenvalue weighted by Crippen LogP contribution is -2.44. The molecule has 2 aromatic carbocycles. The molecule has 144 valence electrons. The number of halogens is 1. The van der Waals surface area contributed by atoms with Gasteiger partial charge in [-0.2, -0.15) is 0 Å². The second-order valence-corrected chi connectivity index (χ2v) is 6.28. The van der Waals surface area contributed by atoms with Gasteiger partial charge in [-0.05, 0) is 30.2 Å². The zero-order chi connectivity index (χ0) is 19.6. The van der Waals surface area contributed by atoms with Crippen LogP contribution in [0.5, 0.6) is 0 Å². The number of carbonyl (C=O) groups excluding carboxylic acids is 1. The molecule has 0 aliphatic rings. The molecule has 27 heavy (non-hydrogen) atoms. The zero-order valence-electron chi connectivity index (χ0n) is 16.2. The van der Waals surface area contributed by atoms with E-state index in [-0.39, 0.29) is 18.3 Å². The number of benzene rings is 2. The van der Waals surface area contributed by atoms with Crippen LogP contribution in [-0.2, 0) is 17.9 Å². The quantitative estimate of drug-likeness (QED) is 0.602. The number of aliphatic imine (C=N–C) groups is 1. The minimum atomic E-state index is -0.257. The molecule has 5 nitrogen and oxygen atoms in total. The van der Waals surface area contributed by atoms with Crippen molar-refractivity contribution in [1.82, 2.24) is 15.1 Å². The van der Waals surface area contributed by atoms with Crippen molar-refractivity contribution in [3.63, 3.8) is 0 Å².